The Morgan fingerprint density at radius 3 is 2.17 bits per heavy atom. The van der Waals surface area contributed by atoms with Crippen LogP contribution in [0.25, 0.3) is 11.1 Å². The summed E-state index contributed by atoms with van der Waals surface area (Å²) in [6.45, 7) is 2.64. The molecule has 0 bridgehead atoms. The maximum absolute atomic E-state index is 12.6. The number of nitrogens with zero attached hydrogens (tertiary/aromatic N) is 2. The van der Waals surface area contributed by atoms with E-state index in [0.717, 1.165) is 25.9 Å². The topological polar surface area (TPSA) is 77.9 Å². The number of hydrogen-bond donors (Lipinski definition) is 1. The van der Waals surface area contributed by atoms with Crippen molar-refractivity contribution >= 4 is 25.8 Å². The van der Waals surface area contributed by atoms with Gasteiger partial charge >= 0.3 is 6.09 Å². The van der Waals surface area contributed by atoms with E-state index in [0.29, 0.717) is 25.1 Å². The van der Waals surface area contributed by atoms with Gasteiger partial charge in [0.25, 0.3) is 9.05 Å². The van der Waals surface area contributed by atoms with Crippen LogP contribution in [-0.2, 0) is 9.05 Å². The summed E-state index contributed by atoms with van der Waals surface area (Å²) < 4.78 is 24.0. The number of hydrogen-bond acceptors (Lipinski definition) is 4. The number of benzene rings is 3. The maximum atomic E-state index is 12.6. The second kappa shape index (κ2) is 10.2. The minimum Gasteiger partial charge on any atom is -0.465 e. The van der Waals surface area contributed by atoms with Crippen molar-refractivity contribution in [1.82, 2.24) is 9.80 Å². The van der Waals surface area contributed by atoms with Crippen LogP contribution < -0.4 is 0 Å². The fraction of sp³-hybridized carbons (Fsp3) is 0.321. The average molecular weight is 525 g/mol. The molecule has 1 atom stereocenters. The summed E-state index contributed by atoms with van der Waals surface area (Å²) in [4.78, 5) is 16.3. The first-order chi connectivity index (χ1) is 17.3. The Kier molecular flexibility index (Phi) is 7.06. The third-order valence-corrected chi connectivity index (χ3v) is 8.75. The maximum Gasteiger partial charge on any atom is 0.407 e. The van der Waals surface area contributed by atoms with Gasteiger partial charge in [0.05, 0.1) is 10.9 Å². The second-order valence-electron chi connectivity index (χ2n) is 9.53. The van der Waals surface area contributed by atoms with E-state index in [1.165, 1.54) is 39.3 Å². The zero-order chi connectivity index (χ0) is 25.3. The molecule has 1 aliphatic heterocycles. The van der Waals surface area contributed by atoms with Crippen molar-refractivity contribution < 1.29 is 18.3 Å². The van der Waals surface area contributed by atoms with Crippen molar-refractivity contribution in [3.63, 3.8) is 0 Å². The predicted octanol–water partition coefficient (Wildman–Crippen LogP) is 5.93. The molecule has 1 heterocycles. The largest absolute Gasteiger partial charge is 0.465 e. The summed E-state index contributed by atoms with van der Waals surface area (Å²) in [5, 5.41) is 10.3. The van der Waals surface area contributed by atoms with E-state index in [2.05, 4.69) is 29.2 Å². The number of carboxylic acid groups (broad SMARTS) is 1. The van der Waals surface area contributed by atoms with Crippen molar-refractivity contribution in [2.45, 2.75) is 36.1 Å². The van der Waals surface area contributed by atoms with E-state index in [1.807, 2.05) is 24.3 Å². The Morgan fingerprint density at radius 2 is 1.58 bits per heavy atom. The van der Waals surface area contributed by atoms with E-state index in [9.17, 15) is 18.3 Å². The monoisotopic (exact) mass is 524 g/mol. The van der Waals surface area contributed by atoms with E-state index in [4.69, 9.17) is 10.7 Å². The van der Waals surface area contributed by atoms with E-state index >= 15 is 0 Å². The molecule has 0 radical (unpaired) electrons. The molecule has 1 saturated heterocycles. The Morgan fingerprint density at radius 1 is 0.972 bits per heavy atom. The molecule has 0 unspecified atom stereocenters. The van der Waals surface area contributed by atoms with Crippen molar-refractivity contribution in [1.29, 1.82) is 0 Å². The first kappa shape index (κ1) is 24.8. The summed E-state index contributed by atoms with van der Waals surface area (Å²) in [6.07, 6.45) is 1.76. The fourth-order valence-electron chi connectivity index (χ4n) is 5.69. The lowest BCUT2D eigenvalue weighted by Crippen LogP contribution is -2.41. The van der Waals surface area contributed by atoms with Gasteiger partial charge in [0, 0.05) is 29.7 Å². The van der Waals surface area contributed by atoms with Gasteiger partial charge in [0.1, 0.15) is 0 Å². The molecule has 6 nitrogen and oxygen atoms in total. The average Bonchev–Trinajstić information content (AvgIpc) is 3.49. The van der Waals surface area contributed by atoms with E-state index in [-0.39, 0.29) is 10.8 Å². The van der Waals surface area contributed by atoms with Crippen LogP contribution in [0.4, 0.5) is 4.79 Å². The molecule has 2 aliphatic rings. The first-order valence-electron chi connectivity index (χ1n) is 12.3. The molecule has 1 aliphatic carbocycles. The highest BCUT2D eigenvalue weighted by molar-refractivity contribution is 8.13. The summed E-state index contributed by atoms with van der Waals surface area (Å²) in [6, 6.07) is 22.5. The van der Waals surface area contributed by atoms with Crippen molar-refractivity contribution in [3.05, 3.63) is 89.5 Å². The van der Waals surface area contributed by atoms with Gasteiger partial charge in [-0.3, -0.25) is 4.90 Å². The molecule has 1 N–H and O–H groups in total. The number of likely N-dealkylation sites (tertiary alicyclic amines) is 1. The Bertz CT molecular complexity index is 1330. The SMILES string of the molecule is O=C(O)N(CCC1c2ccccc2-c2ccccc21)[C@H](CN1CCCC1)c1cccc(S(=O)(=O)Cl)c1. The molecule has 0 spiro atoms. The number of carbonyl (C=O) groups is 1. The smallest absolute Gasteiger partial charge is 0.407 e. The molecule has 0 aromatic heterocycles. The quantitative estimate of drug-likeness (QED) is 0.369. The second-order valence-corrected chi connectivity index (χ2v) is 12.1. The lowest BCUT2D eigenvalue weighted by atomic mass is 9.93. The van der Waals surface area contributed by atoms with Gasteiger partial charge in [0.15, 0.2) is 0 Å². The van der Waals surface area contributed by atoms with Crippen molar-refractivity contribution in [2.75, 3.05) is 26.2 Å². The first-order valence-corrected chi connectivity index (χ1v) is 14.6. The Hall–Kier alpha value is -2.87. The molecule has 1 fully saturated rings. The fourth-order valence-corrected chi connectivity index (χ4v) is 6.50. The zero-order valence-electron chi connectivity index (χ0n) is 19.9. The van der Waals surface area contributed by atoms with Crippen LogP contribution in [0.3, 0.4) is 0 Å². The minimum atomic E-state index is -3.93. The number of fused-ring (bicyclic) bond motifs is 3. The molecule has 3 aromatic carbocycles. The molecular weight excluding hydrogens is 496 g/mol. The third-order valence-electron chi connectivity index (χ3n) is 7.40. The van der Waals surface area contributed by atoms with Gasteiger partial charge in [-0.2, -0.15) is 0 Å². The van der Waals surface area contributed by atoms with Crippen molar-refractivity contribution in [2.24, 2.45) is 0 Å². The number of rotatable bonds is 8. The van der Waals surface area contributed by atoms with E-state index < -0.39 is 21.2 Å². The van der Waals surface area contributed by atoms with Gasteiger partial charge < -0.3 is 10.0 Å². The Balaban J connectivity index is 1.47. The van der Waals surface area contributed by atoms with Crippen LogP contribution in [0.2, 0.25) is 0 Å². The third kappa shape index (κ3) is 5.01. The molecular formula is C28H29ClN2O4S. The number of halogens is 1. The van der Waals surface area contributed by atoms with Crippen molar-refractivity contribution in [3.8, 4) is 11.1 Å². The summed E-state index contributed by atoms with van der Waals surface area (Å²) >= 11 is 0. The van der Waals surface area contributed by atoms with Gasteiger partial charge in [-0.05, 0) is 72.3 Å². The zero-order valence-corrected chi connectivity index (χ0v) is 21.5. The van der Waals surface area contributed by atoms with Gasteiger partial charge in [-0.15, -0.1) is 0 Å². The standard InChI is InChI=1S/C28H29ClN2O4S/c29-36(34,35)21-9-7-8-20(18-21)27(19-30-15-5-6-16-30)31(28(32)33)17-14-26-24-12-3-1-10-22(24)23-11-2-4-13-25(23)26/h1-4,7-13,18,26-27H,5-6,14-17,19H2,(H,32,33)/t27-/m1/s1. The molecule has 36 heavy (non-hydrogen) atoms. The molecule has 0 saturated carbocycles. The van der Waals surface area contributed by atoms with Crippen LogP contribution >= 0.6 is 10.7 Å². The van der Waals surface area contributed by atoms with Crippen LogP contribution in [-0.4, -0.2) is 55.6 Å². The highest BCUT2D eigenvalue weighted by Gasteiger charge is 2.32. The lowest BCUT2D eigenvalue weighted by molar-refractivity contribution is 0.109. The predicted molar refractivity (Wildman–Crippen MR) is 141 cm³/mol. The van der Waals surface area contributed by atoms with E-state index in [1.54, 1.807) is 12.1 Å². The molecule has 5 rings (SSSR count). The summed E-state index contributed by atoms with van der Waals surface area (Å²) in [7, 11) is 1.69. The van der Waals surface area contributed by atoms with Gasteiger partial charge in [0.2, 0.25) is 0 Å². The molecule has 188 valence electrons. The molecule has 3 aromatic rings. The highest BCUT2D eigenvalue weighted by atomic mass is 35.7. The van der Waals surface area contributed by atoms with Crippen LogP contribution in [0.5, 0.6) is 0 Å². The van der Waals surface area contributed by atoms with Gasteiger partial charge in [-0.1, -0.05) is 60.7 Å². The minimum absolute atomic E-state index is 0.0166. The highest BCUT2D eigenvalue weighted by Crippen LogP contribution is 2.46. The van der Waals surface area contributed by atoms with Crippen LogP contribution in [0.1, 0.15) is 47.9 Å². The normalized spacial score (nSPS) is 16.5. The summed E-state index contributed by atoms with van der Waals surface area (Å²) in [5.74, 6) is 0.0984. The number of amides is 1. The van der Waals surface area contributed by atoms with Gasteiger partial charge in [-0.25, -0.2) is 13.2 Å². The summed E-state index contributed by atoms with van der Waals surface area (Å²) in [5.41, 5.74) is 5.48. The molecule has 1 amide bonds. The lowest BCUT2D eigenvalue weighted by Gasteiger charge is -2.34. The van der Waals surface area contributed by atoms with Crippen LogP contribution in [0.15, 0.2) is 77.7 Å². The Labute approximate surface area is 216 Å². The molecule has 8 heteroatoms. The van der Waals surface area contributed by atoms with Crippen LogP contribution in [0, 0.1) is 0 Å².